The molecular weight excluding hydrogens is 174 g/mol. The van der Waals surface area contributed by atoms with Gasteiger partial charge in [-0.3, -0.25) is 0 Å². The lowest BCUT2D eigenvalue weighted by Crippen LogP contribution is -1.92. The fourth-order valence-corrected chi connectivity index (χ4v) is 1.39. The smallest absolute Gasteiger partial charge is 0.124 e. The number of rotatable bonds is 0. The number of aryl methyl sites for hydroxylation is 2. The summed E-state index contributed by atoms with van der Waals surface area (Å²) >= 11 is 0. The van der Waals surface area contributed by atoms with Crippen LogP contribution in [0.3, 0.4) is 0 Å². The van der Waals surface area contributed by atoms with Crippen molar-refractivity contribution in [3.63, 3.8) is 0 Å². The first-order chi connectivity index (χ1) is 6.68. The Labute approximate surface area is 84.6 Å². The van der Waals surface area contributed by atoms with Crippen LogP contribution in [-0.4, -0.2) is 9.55 Å². The zero-order chi connectivity index (χ0) is 10.7. The number of aromatic nitrogens is 2. The van der Waals surface area contributed by atoms with Crippen LogP contribution in [0.1, 0.15) is 19.5 Å². The predicted molar refractivity (Wildman–Crippen MR) is 61.2 cm³/mol. The molecule has 0 aromatic carbocycles. The summed E-state index contributed by atoms with van der Waals surface area (Å²) in [5, 5.41) is 1.16. The summed E-state index contributed by atoms with van der Waals surface area (Å²) in [5.74, 6) is 0.577. The first-order valence-corrected chi connectivity index (χ1v) is 4.86. The van der Waals surface area contributed by atoms with Crippen LogP contribution in [0.15, 0.2) is 18.3 Å². The van der Waals surface area contributed by atoms with E-state index in [1.165, 1.54) is 5.69 Å². The fourth-order valence-electron chi connectivity index (χ4n) is 1.39. The minimum absolute atomic E-state index is 0.577. The van der Waals surface area contributed by atoms with E-state index in [0.29, 0.717) is 5.82 Å². The molecule has 0 fully saturated rings. The van der Waals surface area contributed by atoms with Gasteiger partial charge in [0.05, 0.1) is 11.7 Å². The second-order valence-electron chi connectivity index (χ2n) is 3.01. The zero-order valence-electron chi connectivity index (χ0n) is 9.20. The minimum atomic E-state index is 0.577. The molecule has 0 aliphatic carbocycles. The highest BCUT2D eigenvalue weighted by Crippen LogP contribution is 2.18. The maximum Gasteiger partial charge on any atom is 0.124 e. The lowest BCUT2D eigenvalue weighted by atomic mass is 10.3. The van der Waals surface area contributed by atoms with Gasteiger partial charge in [-0.25, -0.2) is 4.98 Å². The summed E-state index contributed by atoms with van der Waals surface area (Å²) in [4.78, 5) is 4.04. The van der Waals surface area contributed by atoms with Crippen LogP contribution in [0.2, 0.25) is 0 Å². The van der Waals surface area contributed by atoms with E-state index in [4.69, 9.17) is 5.73 Å². The van der Waals surface area contributed by atoms with E-state index < -0.39 is 0 Å². The third-order valence-electron chi connectivity index (χ3n) is 2.19. The van der Waals surface area contributed by atoms with Gasteiger partial charge in [0.15, 0.2) is 0 Å². The number of pyridine rings is 1. The molecule has 2 aromatic heterocycles. The van der Waals surface area contributed by atoms with Gasteiger partial charge in [0.2, 0.25) is 0 Å². The fraction of sp³-hybridized carbons (Fsp3) is 0.364. The molecule has 0 saturated heterocycles. The van der Waals surface area contributed by atoms with Crippen LogP contribution in [0.5, 0.6) is 0 Å². The molecule has 0 aliphatic heterocycles. The summed E-state index contributed by atoms with van der Waals surface area (Å²) < 4.78 is 2.10. The molecule has 14 heavy (non-hydrogen) atoms. The van der Waals surface area contributed by atoms with Gasteiger partial charge in [0.1, 0.15) is 5.82 Å². The third kappa shape index (κ3) is 1.71. The molecule has 0 radical (unpaired) electrons. The lowest BCUT2D eigenvalue weighted by Gasteiger charge is -1.97. The molecular formula is C11H17N3. The Balaban J connectivity index is 0.000000461. The molecule has 0 aliphatic rings. The Kier molecular flexibility index (Phi) is 3.12. The summed E-state index contributed by atoms with van der Waals surface area (Å²) in [6, 6.07) is 4.00. The SMILES string of the molecule is CC.Cc1cc2cc(N)ncc2n1C. The van der Waals surface area contributed by atoms with E-state index in [1.54, 1.807) is 6.20 Å². The molecule has 2 rings (SSSR count). The van der Waals surface area contributed by atoms with Crippen molar-refractivity contribution in [2.75, 3.05) is 5.73 Å². The molecule has 2 N–H and O–H groups in total. The highest BCUT2D eigenvalue weighted by atomic mass is 15.0. The van der Waals surface area contributed by atoms with Gasteiger partial charge >= 0.3 is 0 Å². The van der Waals surface area contributed by atoms with Crippen LogP contribution in [-0.2, 0) is 7.05 Å². The predicted octanol–water partition coefficient (Wildman–Crippen LogP) is 2.49. The van der Waals surface area contributed by atoms with E-state index in [0.717, 1.165) is 10.9 Å². The van der Waals surface area contributed by atoms with Crippen molar-refractivity contribution in [2.45, 2.75) is 20.8 Å². The molecule has 2 aromatic rings. The molecule has 76 valence electrons. The average molecular weight is 191 g/mol. The highest BCUT2D eigenvalue weighted by Gasteiger charge is 2.01. The maximum absolute atomic E-state index is 5.56. The van der Waals surface area contributed by atoms with Gasteiger partial charge in [-0.15, -0.1) is 0 Å². The van der Waals surface area contributed by atoms with E-state index in [1.807, 2.05) is 27.0 Å². The highest BCUT2D eigenvalue weighted by molar-refractivity contribution is 5.82. The Hall–Kier alpha value is -1.51. The number of nitrogen functional groups attached to an aromatic ring is 1. The largest absolute Gasteiger partial charge is 0.384 e. The number of hydrogen-bond donors (Lipinski definition) is 1. The minimum Gasteiger partial charge on any atom is -0.384 e. The first kappa shape index (κ1) is 10.6. The normalized spacial score (nSPS) is 9.71. The number of nitrogens with two attached hydrogens (primary N) is 1. The number of nitrogens with zero attached hydrogens (tertiary/aromatic N) is 2. The molecule has 0 spiro atoms. The first-order valence-electron chi connectivity index (χ1n) is 4.86. The molecule has 3 nitrogen and oxygen atoms in total. The average Bonchev–Trinajstić information content (AvgIpc) is 2.45. The van der Waals surface area contributed by atoms with E-state index in [2.05, 4.69) is 22.5 Å². The standard InChI is InChI=1S/C9H11N3.C2H6/c1-6-3-7-4-9(10)11-5-8(7)12(6)2;1-2/h3-5H,1-2H3,(H2,10,11);1-2H3. The van der Waals surface area contributed by atoms with Gasteiger partial charge in [0.25, 0.3) is 0 Å². The van der Waals surface area contributed by atoms with Crippen molar-refractivity contribution in [3.05, 3.63) is 24.0 Å². The summed E-state index contributed by atoms with van der Waals surface area (Å²) in [6.07, 6.45) is 1.80. The number of anilines is 1. The van der Waals surface area contributed by atoms with E-state index >= 15 is 0 Å². The van der Waals surface area contributed by atoms with Crippen molar-refractivity contribution < 1.29 is 0 Å². The quantitative estimate of drug-likeness (QED) is 0.695. The van der Waals surface area contributed by atoms with Gasteiger partial charge < -0.3 is 10.3 Å². The van der Waals surface area contributed by atoms with Gasteiger partial charge in [-0.2, -0.15) is 0 Å². The van der Waals surface area contributed by atoms with E-state index in [-0.39, 0.29) is 0 Å². The van der Waals surface area contributed by atoms with Crippen LogP contribution in [0.25, 0.3) is 10.9 Å². The van der Waals surface area contributed by atoms with Crippen molar-refractivity contribution in [2.24, 2.45) is 7.05 Å². The van der Waals surface area contributed by atoms with Crippen molar-refractivity contribution in [1.29, 1.82) is 0 Å². The summed E-state index contributed by atoms with van der Waals surface area (Å²) in [7, 11) is 2.02. The monoisotopic (exact) mass is 191 g/mol. The summed E-state index contributed by atoms with van der Waals surface area (Å²) in [6.45, 7) is 6.07. The molecule has 0 bridgehead atoms. The maximum atomic E-state index is 5.56. The van der Waals surface area contributed by atoms with Crippen molar-refractivity contribution in [1.82, 2.24) is 9.55 Å². The molecule has 0 amide bonds. The second kappa shape index (κ2) is 4.13. The second-order valence-corrected chi connectivity index (χ2v) is 3.01. The Morgan fingerprint density at radius 2 is 1.93 bits per heavy atom. The topological polar surface area (TPSA) is 43.8 Å². The molecule has 0 atom stereocenters. The summed E-state index contributed by atoms with van der Waals surface area (Å²) in [5.41, 5.74) is 7.91. The molecule has 0 unspecified atom stereocenters. The van der Waals surface area contributed by atoms with Crippen LogP contribution >= 0.6 is 0 Å². The Morgan fingerprint density at radius 3 is 2.57 bits per heavy atom. The van der Waals surface area contributed by atoms with E-state index in [9.17, 15) is 0 Å². The van der Waals surface area contributed by atoms with Crippen LogP contribution in [0, 0.1) is 6.92 Å². The number of fused-ring (bicyclic) bond motifs is 1. The third-order valence-corrected chi connectivity index (χ3v) is 2.19. The van der Waals surface area contributed by atoms with Crippen LogP contribution < -0.4 is 5.73 Å². The lowest BCUT2D eigenvalue weighted by molar-refractivity contribution is 0.915. The Bertz CT molecular complexity index is 429. The molecule has 0 saturated carbocycles. The van der Waals surface area contributed by atoms with Crippen molar-refractivity contribution >= 4 is 16.7 Å². The van der Waals surface area contributed by atoms with Gasteiger partial charge in [0, 0.05) is 18.1 Å². The molecule has 2 heterocycles. The van der Waals surface area contributed by atoms with Gasteiger partial charge in [-0.1, -0.05) is 13.8 Å². The zero-order valence-corrected chi connectivity index (χ0v) is 9.20. The van der Waals surface area contributed by atoms with Gasteiger partial charge in [-0.05, 0) is 19.1 Å². The van der Waals surface area contributed by atoms with Crippen LogP contribution in [0.4, 0.5) is 5.82 Å². The Morgan fingerprint density at radius 1 is 1.29 bits per heavy atom. The van der Waals surface area contributed by atoms with Crippen molar-refractivity contribution in [3.8, 4) is 0 Å². The molecule has 3 heteroatoms. The number of hydrogen-bond acceptors (Lipinski definition) is 2.